The lowest BCUT2D eigenvalue weighted by Crippen LogP contribution is -2.59. The molecule has 1 aliphatic carbocycles. The first-order valence-corrected chi connectivity index (χ1v) is 15.1. The van der Waals surface area contributed by atoms with Crippen molar-refractivity contribution in [1.29, 1.82) is 0 Å². The highest BCUT2D eigenvalue weighted by Gasteiger charge is 2.46. The predicted octanol–water partition coefficient (Wildman–Crippen LogP) is 0.866. The van der Waals surface area contributed by atoms with E-state index in [4.69, 9.17) is 24.4 Å². The second-order valence-electron chi connectivity index (χ2n) is 11.7. The Kier molecular flexibility index (Phi) is 10.1. The molecule has 1 aromatic carbocycles. The normalized spacial score (nSPS) is 27.6. The van der Waals surface area contributed by atoms with Crippen LogP contribution in [0.2, 0.25) is 0 Å². The largest absolute Gasteiger partial charge is 0.454 e. The summed E-state index contributed by atoms with van der Waals surface area (Å²) in [4.78, 5) is 49.1. The molecule has 0 saturated carbocycles. The summed E-state index contributed by atoms with van der Waals surface area (Å²) in [6.07, 6.45) is -1.29. The zero-order valence-corrected chi connectivity index (χ0v) is 24.8. The maximum atomic E-state index is 12.7. The SMILES string of the molecule is Cc1c(CC(=O)NCCCCCC(=O)C[C@H]2O[C@H](O[C@H]3C=CC4=CC(=O)O[C@H]4C3)[C@H](O)[C@@H](O)[C@H]2O)c(=O)oc2cc(N)ccc12. The van der Waals surface area contributed by atoms with Gasteiger partial charge in [0.1, 0.15) is 35.8 Å². The number of aryl methyl sites for hydroxylation is 1. The van der Waals surface area contributed by atoms with Crippen molar-refractivity contribution in [3.63, 3.8) is 0 Å². The van der Waals surface area contributed by atoms with Crippen molar-refractivity contribution in [2.45, 2.75) is 94.8 Å². The summed E-state index contributed by atoms with van der Waals surface area (Å²) in [5, 5.41) is 34.7. The number of rotatable bonds is 12. The van der Waals surface area contributed by atoms with Crippen LogP contribution in [0.5, 0.6) is 0 Å². The number of nitrogen functional groups attached to an aromatic ring is 1. The molecule has 6 N–H and O–H groups in total. The lowest BCUT2D eigenvalue weighted by atomic mass is 9.94. The molecule has 2 aromatic rings. The molecule has 2 aliphatic heterocycles. The molecule has 1 aromatic heterocycles. The molecule has 1 saturated heterocycles. The third kappa shape index (κ3) is 7.68. The van der Waals surface area contributed by atoms with Crippen molar-refractivity contribution in [3.8, 4) is 0 Å². The molecule has 5 rings (SSSR count). The number of fused-ring (bicyclic) bond motifs is 2. The van der Waals surface area contributed by atoms with Crippen LogP contribution in [-0.4, -0.2) is 82.4 Å². The minimum Gasteiger partial charge on any atom is -0.454 e. The highest BCUT2D eigenvalue weighted by atomic mass is 16.7. The maximum Gasteiger partial charge on any atom is 0.340 e. The molecule has 0 radical (unpaired) electrons. The molecular weight excluding hydrogens is 588 g/mol. The molecule has 13 nitrogen and oxygen atoms in total. The van der Waals surface area contributed by atoms with E-state index < -0.39 is 54.5 Å². The number of ketones is 1. The maximum absolute atomic E-state index is 12.7. The number of Topliss-reactive ketones (excluding diaryl/α,β-unsaturated/α-hetero) is 1. The molecule has 1 amide bonds. The van der Waals surface area contributed by atoms with Crippen LogP contribution < -0.4 is 16.7 Å². The first-order valence-electron chi connectivity index (χ1n) is 15.1. The Morgan fingerprint density at radius 1 is 1.09 bits per heavy atom. The number of carbonyl (C=O) groups is 3. The number of nitrogens with two attached hydrogens (primary N) is 1. The fourth-order valence-corrected chi connectivity index (χ4v) is 5.81. The van der Waals surface area contributed by atoms with Crippen LogP contribution in [0, 0.1) is 6.92 Å². The van der Waals surface area contributed by atoms with Gasteiger partial charge in [-0.05, 0) is 43.0 Å². The molecule has 13 heteroatoms. The number of unbranched alkanes of at least 4 members (excludes halogenated alkanes) is 2. The Balaban J connectivity index is 1.02. The van der Waals surface area contributed by atoms with Gasteiger partial charge in [-0.25, -0.2) is 9.59 Å². The van der Waals surface area contributed by atoms with Gasteiger partial charge in [0.25, 0.3) is 0 Å². The van der Waals surface area contributed by atoms with E-state index in [-0.39, 0.29) is 36.5 Å². The van der Waals surface area contributed by atoms with Crippen LogP contribution in [0.15, 0.2) is 51.2 Å². The monoisotopic (exact) mass is 626 g/mol. The summed E-state index contributed by atoms with van der Waals surface area (Å²) in [6.45, 7) is 2.13. The van der Waals surface area contributed by atoms with E-state index >= 15 is 0 Å². The first-order chi connectivity index (χ1) is 21.5. The van der Waals surface area contributed by atoms with E-state index in [0.29, 0.717) is 54.4 Å². The smallest absolute Gasteiger partial charge is 0.340 e. The van der Waals surface area contributed by atoms with Gasteiger partial charge in [0.2, 0.25) is 5.91 Å². The quantitative estimate of drug-likeness (QED) is 0.0962. The lowest BCUT2D eigenvalue weighted by Gasteiger charge is -2.41. The minimum absolute atomic E-state index is 0.120. The molecule has 1 fully saturated rings. The molecule has 0 unspecified atom stereocenters. The van der Waals surface area contributed by atoms with E-state index in [0.717, 1.165) is 5.57 Å². The predicted molar refractivity (Wildman–Crippen MR) is 160 cm³/mol. The number of hydrogen-bond donors (Lipinski definition) is 5. The minimum atomic E-state index is -1.58. The molecule has 0 bridgehead atoms. The summed E-state index contributed by atoms with van der Waals surface area (Å²) in [5.74, 6) is -0.955. The Labute approximate surface area is 258 Å². The third-order valence-electron chi connectivity index (χ3n) is 8.37. The number of aliphatic hydroxyl groups excluding tert-OH is 3. The fourth-order valence-electron chi connectivity index (χ4n) is 5.81. The van der Waals surface area contributed by atoms with Gasteiger partial charge in [0.05, 0.1) is 24.2 Å². The van der Waals surface area contributed by atoms with Crippen molar-refractivity contribution in [2.24, 2.45) is 0 Å². The van der Waals surface area contributed by atoms with Crippen molar-refractivity contribution >= 4 is 34.3 Å². The van der Waals surface area contributed by atoms with Crippen LogP contribution in [-0.2, 0) is 35.0 Å². The topological polar surface area (TPSA) is 208 Å². The number of hydrogen-bond acceptors (Lipinski definition) is 12. The van der Waals surface area contributed by atoms with Gasteiger partial charge in [-0.15, -0.1) is 0 Å². The standard InChI is InChI=1S/C32H38N2O11/c1-16-21-9-7-18(33)12-24(21)44-31(41)22(16)15-26(36)34-10-4-2-3-5-19(35)13-25-28(38)29(39)30(40)32(45-25)42-20-8-6-17-11-27(37)43-23(17)14-20/h6-9,11-12,20,23,25,28-30,32,38-40H,2-5,10,13-15,33H2,1H3,(H,34,36)/t20-,23-,25+,28-,29-,30+,32-/m0/s1. The van der Waals surface area contributed by atoms with Gasteiger partial charge in [0, 0.05) is 49.0 Å². The van der Waals surface area contributed by atoms with E-state index in [9.17, 15) is 34.5 Å². The van der Waals surface area contributed by atoms with Gasteiger partial charge in [-0.2, -0.15) is 0 Å². The van der Waals surface area contributed by atoms with E-state index in [1.807, 2.05) is 0 Å². The first kappa shape index (κ1) is 32.5. The van der Waals surface area contributed by atoms with Gasteiger partial charge in [-0.1, -0.05) is 18.6 Å². The van der Waals surface area contributed by atoms with Crippen LogP contribution in [0.1, 0.15) is 49.7 Å². The molecule has 3 heterocycles. The summed E-state index contributed by atoms with van der Waals surface area (Å²) in [5.41, 5.74) is 7.70. The van der Waals surface area contributed by atoms with Crippen molar-refractivity contribution in [3.05, 3.63) is 63.5 Å². The van der Waals surface area contributed by atoms with Crippen molar-refractivity contribution in [1.82, 2.24) is 5.32 Å². The Morgan fingerprint density at radius 3 is 2.69 bits per heavy atom. The Hall–Kier alpha value is -3.88. The summed E-state index contributed by atoms with van der Waals surface area (Å²) in [7, 11) is 0. The van der Waals surface area contributed by atoms with Crippen LogP contribution >= 0.6 is 0 Å². The average Bonchev–Trinajstić information content (AvgIpc) is 3.37. The second-order valence-corrected chi connectivity index (χ2v) is 11.7. The molecule has 3 aliphatic rings. The summed E-state index contributed by atoms with van der Waals surface area (Å²) >= 11 is 0. The van der Waals surface area contributed by atoms with E-state index in [2.05, 4.69) is 5.32 Å². The molecule has 242 valence electrons. The molecular formula is C32H38N2O11. The van der Waals surface area contributed by atoms with Crippen LogP contribution in [0.4, 0.5) is 5.69 Å². The van der Waals surface area contributed by atoms with E-state index in [1.54, 1.807) is 37.3 Å². The Morgan fingerprint density at radius 2 is 1.89 bits per heavy atom. The number of benzene rings is 1. The van der Waals surface area contributed by atoms with Crippen molar-refractivity contribution < 1.29 is 48.3 Å². The number of aliphatic hydroxyl groups is 3. The van der Waals surface area contributed by atoms with Crippen molar-refractivity contribution in [2.75, 3.05) is 12.3 Å². The summed E-state index contributed by atoms with van der Waals surface area (Å²) in [6, 6.07) is 5.02. The number of carbonyl (C=O) groups excluding carboxylic acids is 3. The Bertz CT molecular complexity index is 1560. The number of esters is 1. The van der Waals surface area contributed by atoms with E-state index in [1.165, 1.54) is 6.08 Å². The fraction of sp³-hybridized carbons (Fsp3) is 0.500. The van der Waals surface area contributed by atoms with Gasteiger partial charge in [-0.3, -0.25) is 9.59 Å². The zero-order valence-electron chi connectivity index (χ0n) is 24.8. The molecule has 45 heavy (non-hydrogen) atoms. The molecule has 0 spiro atoms. The lowest BCUT2D eigenvalue weighted by molar-refractivity contribution is -0.304. The number of ether oxygens (including phenoxy) is 3. The van der Waals surface area contributed by atoms with Crippen LogP contribution in [0.3, 0.4) is 0 Å². The zero-order chi connectivity index (χ0) is 32.2. The average molecular weight is 627 g/mol. The van der Waals surface area contributed by atoms with Gasteiger partial charge < -0.3 is 45.0 Å². The second kappa shape index (κ2) is 14.0. The van der Waals surface area contributed by atoms with Gasteiger partial charge >= 0.3 is 11.6 Å². The third-order valence-corrected chi connectivity index (χ3v) is 8.37. The number of amides is 1. The van der Waals surface area contributed by atoms with Gasteiger partial charge in [0.15, 0.2) is 6.29 Å². The highest BCUT2D eigenvalue weighted by Crippen LogP contribution is 2.31. The number of nitrogens with one attached hydrogen (secondary N) is 1. The highest BCUT2D eigenvalue weighted by molar-refractivity contribution is 5.87. The summed E-state index contributed by atoms with van der Waals surface area (Å²) < 4.78 is 22.1. The number of anilines is 1. The van der Waals surface area contributed by atoms with Crippen LogP contribution in [0.25, 0.3) is 11.0 Å². The molecule has 7 atom stereocenters.